The summed E-state index contributed by atoms with van der Waals surface area (Å²) in [6.07, 6.45) is 8.50. The quantitative estimate of drug-likeness (QED) is 0.820. The van der Waals surface area contributed by atoms with Gasteiger partial charge < -0.3 is 5.32 Å². The molecule has 0 aromatic carbocycles. The Hall–Kier alpha value is -0.120. The zero-order chi connectivity index (χ0) is 12.5. The van der Waals surface area contributed by atoms with Crippen molar-refractivity contribution in [3.63, 3.8) is 0 Å². The Labute approximate surface area is 112 Å². The van der Waals surface area contributed by atoms with Crippen LogP contribution in [0.2, 0.25) is 0 Å². The van der Waals surface area contributed by atoms with Crippen molar-refractivity contribution in [1.82, 2.24) is 15.1 Å². The Morgan fingerprint density at radius 3 is 2.44 bits per heavy atom. The summed E-state index contributed by atoms with van der Waals surface area (Å²) in [5.41, 5.74) is 0. The van der Waals surface area contributed by atoms with Gasteiger partial charge >= 0.3 is 0 Å². The number of piperidine rings is 1. The van der Waals surface area contributed by atoms with E-state index in [1.54, 1.807) is 0 Å². The van der Waals surface area contributed by atoms with E-state index in [4.69, 9.17) is 0 Å². The maximum Gasteiger partial charge on any atom is 0.0223 e. The van der Waals surface area contributed by atoms with Gasteiger partial charge in [0.15, 0.2) is 0 Å². The molecule has 3 aliphatic rings. The first-order valence-corrected chi connectivity index (χ1v) is 7.99. The van der Waals surface area contributed by atoms with Crippen molar-refractivity contribution >= 4 is 0 Å². The lowest BCUT2D eigenvalue weighted by Gasteiger charge is -2.41. The molecule has 18 heavy (non-hydrogen) atoms. The predicted octanol–water partition coefficient (Wildman–Crippen LogP) is 1.69. The van der Waals surface area contributed by atoms with Gasteiger partial charge in [-0.1, -0.05) is 6.92 Å². The molecule has 0 saturated carbocycles. The molecule has 3 heterocycles. The van der Waals surface area contributed by atoms with Gasteiger partial charge in [-0.05, 0) is 58.7 Å². The molecule has 3 unspecified atom stereocenters. The first-order chi connectivity index (χ1) is 8.81. The molecular formula is C15H29N3. The largest absolute Gasteiger partial charge is 0.317 e. The number of nitrogens with one attached hydrogen (secondary N) is 1. The first kappa shape index (κ1) is 12.9. The van der Waals surface area contributed by atoms with E-state index >= 15 is 0 Å². The molecule has 0 aromatic heterocycles. The van der Waals surface area contributed by atoms with Crippen molar-refractivity contribution in [3.05, 3.63) is 0 Å². The number of hydrogen-bond donors (Lipinski definition) is 1. The molecule has 3 nitrogen and oxygen atoms in total. The minimum absolute atomic E-state index is 0.782. The topological polar surface area (TPSA) is 18.5 Å². The minimum Gasteiger partial charge on any atom is -0.317 e. The van der Waals surface area contributed by atoms with Crippen LogP contribution >= 0.6 is 0 Å². The number of hydrogen-bond acceptors (Lipinski definition) is 3. The molecule has 3 saturated heterocycles. The molecular weight excluding hydrogens is 222 g/mol. The fraction of sp³-hybridized carbons (Fsp3) is 1.00. The second-order valence-corrected chi connectivity index (χ2v) is 6.46. The Kier molecular flexibility index (Phi) is 3.92. The van der Waals surface area contributed by atoms with Gasteiger partial charge in [0.05, 0.1) is 0 Å². The van der Waals surface area contributed by atoms with Crippen LogP contribution in [0, 0.1) is 0 Å². The first-order valence-electron chi connectivity index (χ1n) is 7.99. The molecule has 0 amide bonds. The summed E-state index contributed by atoms with van der Waals surface area (Å²) in [4.78, 5) is 5.57. The van der Waals surface area contributed by atoms with E-state index in [0.29, 0.717) is 0 Å². The van der Waals surface area contributed by atoms with E-state index in [1.807, 2.05) is 0 Å². The van der Waals surface area contributed by atoms with Crippen LogP contribution in [-0.4, -0.2) is 60.6 Å². The Morgan fingerprint density at radius 1 is 1.11 bits per heavy atom. The van der Waals surface area contributed by atoms with Crippen molar-refractivity contribution < 1.29 is 0 Å². The van der Waals surface area contributed by atoms with Crippen molar-refractivity contribution in [1.29, 1.82) is 0 Å². The smallest absolute Gasteiger partial charge is 0.0223 e. The third kappa shape index (κ3) is 2.33. The van der Waals surface area contributed by atoms with Crippen molar-refractivity contribution in [2.45, 2.75) is 69.6 Å². The van der Waals surface area contributed by atoms with E-state index in [1.165, 1.54) is 58.2 Å². The van der Waals surface area contributed by atoms with Crippen LogP contribution in [0.5, 0.6) is 0 Å². The van der Waals surface area contributed by atoms with Gasteiger partial charge in [-0.25, -0.2) is 0 Å². The molecule has 0 radical (unpaired) electrons. The predicted molar refractivity (Wildman–Crippen MR) is 75.9 cm³/mol. The summed E-state index contributed by atoms with van der Waals surface area (Å²) in [6.45, 7) is 6.25. The second kappa shape index (κ2) is 5.48. The third-order valence-corrected chi connectivity index (χ3v) is 5.62. The molecule has 3 rings (SSSR count). The minimum atomic E-state index is 0.782. The van der Waals surface area contributed by atoms with Crippen molar-refractivity contribution in [2.24, 2.45) is 0 Å². The van der Waals surface area contributed by atoms with E-state index in [9.17, 15) is 0 Å². The molecule has 3 atom stereocenters. The number of rotatable bonds is 4. The van der Waals surface area contributed by atoms with Crippen LogP contribution in [0.1, 0.15) is 45.4 Å². The Bertz CT molecular complexity index is 267. The highest BCUT2D eigenvalue weighted by atomic mass is 15.3. The summed E-state index contributed by atoms with van der Waals surface area (Å²) in [5, 5.41) is 3.50. The zero-order valence-electron chi connectivity index (χ0n) is 12.1. The average Bonchev–Trinajstić information content (AvgIpc) is 2.92. The van der Waals surface area contributed by atoms with Gasteiger partial charge in [-0.15, -0.1) is 0 Å². The number of likely N-dealkylation sites (N-methyl/N-ethyl adjacent to an activating group) is 1. The van der Waals surface area contributed by atoms with Crippen LogP contribution in [0.4, 0.5) is 0 Å². The van der Waals surface area contributed by atoms with E-state index in [-0.39, 0.29) is 0 Å². The molecule has 0 aliphatic carbocycles. The zero-order valence-corrected chi connectivity index (χ0v) is 12.1. The maximum atomic E-state index is 3.50. The monoisotopic (exact) mass is 251 g/mol. The number of likely N-dealkylation sites (tertiary alicyclic amines) is 1. The van der Waals surface area contributed by atoms with Gasteiger partial charge in [0.1, 0.15) is 0 Å². The molecule has 3 aliphatic heterocycles. The lowest BCUT2D eigenvalue weighted by molar-refractivity contribution is 0.0858. The molecule has 0 spiro atoms. The molecule has 3 heteroatoms. The molecule has 104 valence electrons. The lowest BCUT2D eigenvalue weighted by atomic mass is 9.96. The fourth-order valence-corrected chi connectivity index (χ4v) is 4.57. The number of nitrogens with zero attached hydrogens (tertiary/aromatic N) is 2. The van der Waals surface area contributed by atoms with Gasteiger partial charge in [0, 0.05) is 30.7 Å². The van der Waals surface area contributed by atoms with Crippen molar-refractivity contribution in [3.8, 4) is 0 Å². The SMILES string of the molecule is CCN1CCCC1CN1C2CCC1CC(NC)C2. The normalized spacial score (nSPS) is 41.7. The maximum absolute atomic E-state index is 3.50. The van der Waals surface area contributed by atoms with Gasteiger partial charge in [0.25, 0.3) is 0 Å². The van der Waals surface area contributed by atoms with Crippen LogP contribution < -0.4 is 5.32 Å². The van der Waals surface area contributed by atoms with E-state index in [0.717, 1.165) is 24.2 Å². The van der Waals surface area contributed by atoms with Gasteiger partial charge in [0.2, 0.25) is 0 Å². The summed E-state index contributed by atoms with van der Waals surface area (Å²) >= 11 is 0. The highest BCUT2D eigenvalue weighted by Crippen LogP contribution is 2.36. The average molecular weight is 251 g/mol. The molecule has 2 bridgehead atoms. The highest BCUT2D eigenvalue weighted by molar-refractivity contribution is 4.99. The second-order valence-electron chi connectivity index (χ2n) is 6.46. The molecule has 0 aromatic rings. The highest BCUT2D eigenvalue weighted by Gasteiger charge is 2.41. The Morgan fingerprint density at radius 2 is 1.83 bits per heavy atom. The standard InChI is InChI=1S/C15H29N3/c1-3-17-8-4-5-15(17)11-18-13-6-7-14(18)10-12(9-13)16-2/h12-16H,3-11H2,1-2H3. The van der Waals surface area contributed by atoms with Gasteiger partial charge in [-0.3, -0.25) is 9.80 Å². The third-order valence-electron chi connectivity index (χ3n) is 5.62. The fourth-order valence-electron chi connectivity index (χ4n) is 4.57. The molecule has 1 N–H and O–H groups in total. The summed E-state index contributed by atoms with van der Waals surface area (Å²) in [7, 11) is 2.13. The van der Waals surface area contributed by atoms with E-state index < -0.39 is 0 Å². The Balaban J connectivity index is 1.60. The number of fused-ring (bicyclic) bond motifs is 2. The van der Waals surface area contributed by atoms with Crippen LogP contribution in [-0.2, 0) is 0 Å². The lowest BCUT2D eigenvalue weighted by Crippen LogP contribution is -2.52. The van der Waals surface area contributed by atoms with Gasteiger partial charge in [-0.2, -0.15) is 0 Å². The summed E-state index contributed by atoms with van der Waals surface area (Å²) < 4.78 is 0. The molecule has 3 fully saturated rings. The van der Waals surface area contributed by atoms with Crippen molar-refractivity contribution in [2.75, 3.05) is 26.7 Å². The van der Waals surface area contributed by atoms with Crippen LogP contribution in [0.25, 0.3) is 0 Å². The summed E-state index contributed by atoms with van der Waals surface area (Å²) in [6, 6.07) is 3.38. The van der Waals surface area contributed by atoms with E-state index in [2.05, 4.69) is 29.1 Å². The summed E-state index contributed by atoms with van der Waals surface area (Å²) in [5.74, 6) is 0. The van der Waals surface area contributed by atoms with Crippen LogP contribution in [0.3, 0.4) is 0 Å². The van der Waals surface area contributed by atoms with Crippen LogP contribution in [0.15, 0.2) is 0 Å².